The van der Waals surface area contributed by atoms with Crippen LogP contribution in [0.1, 0.15) is 5.56 Å². The summed E-state index contributed by atoms with van der Waals surface area (Å²) in [7, 11) is 1.49. The van der Waals surface area contributed by atoms with E-state index < -0.39 is 5.51 Å². The van der Waals surface area contributed by atoms with Crippen molar-refractivity contribution in [2.24, 2.45) is 0 Å². The van der Waals surface area contributed by atoms with Gasteiger partial charge in [-0.3, -0.25) is 0 Å². The summed E-state index contributed by atoms with van der Waals surface area (Å²) < 4.78 is 46.3. The summed E-state index contributed by atoms with van der Waals surface area (Å²) in [6, 6.07) is 5.33. The third kappa shape index (κ3) is 4.97. The van der Waals surface area contributed by atoms with Crippen molar-refractivity contribution in [3.63, 3.8) is 0 Å². The van der Waals surface area contributed by atoms with Crippen LogP contribution in [0.3, 0.4) is 0 Å². The molecule has 2 nitrogen and oxygen atoms in total. The topological polar surface area (TPSA) is 18.5 Å². The molecule has 0 saturated carbocycles. The van der Waals surface area contributed by atoms with Crippen molar-refractivity contribution in [1.82, 2.24) is 0 Å². The monoisotopic (exact) mass is 344 g/mol. The van der Waals surface area contributed by atoms with Crippen molar-refractivity contribution in [3.05, 3.63) is 23.8 Å². The summed E-state index contributed by atoms with van der Waals surface area (Å²) in [5, 5.41) is 0.548. The van der Waals surface area contributed by atoms with Gasteiger partial charge in [0.05, 0.1) is 13.7 Å². The second-order valence-corrected chi connectivity index (χ2v) is 4.95. The Bertz CT molecular complexity index is 363. The molecule has 1 aromatic carbocycles. The normalized spacial score (nSPS) is 11.4. The number of hydrogen-bond donors (Lipinski definition) is 0. The Labute approximate surface area is 116 Å². The van der Waals surface area contributed by atoms with Crippen molar-refractivity contribution in [2.45, 2.75) is 10.8 Å². The van der Waals surface area contributed by atoms with Gasteiger partial charge in [-0.2, -0.15) is 13.2 Å². The molecule has 0 aliphatic carbocycles. The first-order valence-electron chi connectivity index (χ1n) is 5.03. The lowest BCUT2D eigenvalue weighted by Crippen LogP contribution is -2.08. The van der Waals surface area contributed by atoms with Crippen LogP contribution in [0.2, 0.25) is 0 Å². The van der Waals surface area contributed by atoms with E-state index in [2.05, 4.69) is 15.9 Å². The van der Waals surface area contributed by atoms with Gasteiger partial charge < -0.3 is 9.47 Å². The van der Waals surface area contributed by atoms with Gasteiger partial charge in [0.2, 0.25) is 0 Å². The molecule has 0 spiro atoms. The van der Waals surface area contributed by atoms with E-state index in [0.717, 1.165) is 5.56 Å². The number of alkyl halides is 4. The van der Waals surface area contributed by atoms with E-state index in [1.165, 1.54) is 7.11 Å². The van der Waals surface area contributed by atoms with Crippen LogP contribution in [0.4, 0.5) is 13.2 Å². The quantitative estimate of drug-likeness (QED) is 0.568. The summed E-state index contributed by atoms with van der Waals surface area (Å²) in [5.74, 6) is 0.854. The molecular formula is C11H12BrF3O2S. The maximum absolute atomic E-state index is 11.9. The lowest BCUT2D eigenvalue weighted by molar-refractivity contribution is -0.0329. The van der Waals surface area contributed by atoms with E-state index in [1.54, 1.807) is 12.1 Å². The van der Waals surface area contributed by atoms with Crippen LogP contribution < -0.4 is 9.47 Å². The van der Waals surface area contributed by atoms with Crippen molar-refractivity contribution < 1.29 is 22.6 Å². The molecule has 7 heteroatoms. The Morgan fingerprint density at radius 3 is 2.61 bits per heavy atom. The average molecular weight is 345 g/mol. The van der Waals surface area contributed by atoms with Gasteiger partial charge >= 0.3 is 5.51 Å². The molecule has 18 heavy (non-hydrogen) atoms. The molecular weight excluding hydrogens is 333 g/mol. The van der Waals surface area contributed by atoms with Crippen molar-refractivity contribution in [1.29, 1.82) is 0 Å². The average Bonchev–Trinajstić information content (AvgIpc) is 2.33. The highest BCUT2D eigenvalue weighted by atomic mass is 79.9. The number of ether oxygens (including phenoxy) is 2. The van der Waals surface area contributed by atoms with Crippen LogP contribution in [0.25, 0.3) is 0 Å². The number of benzene rings is 1. The Balaban J connectivity index is 2.60. The standard InChI is InChI=1S/C11H12BrF3O2S/c1-16-9-4-2-3-8(7-12)10(9)17-5-6-18-11(13,14)15/h2-4H,5-7H2,1H3. The van der Waals surface area contributed by atoms with Crippen molar-refractivity contribution in [2.75, 3.05) is 19.5 Å². The zero-order valence-corrected chi connectivity index (χ0v) is 12.0. The molecule has 0 radical (unpaired) electrons. The second kappa shape index (κ2) is 7.13. The smallest absolute Gasteiger partial charge is 0.441 e. The van der Waals surface area contributed by atoms with Crippen LogP contribution in [-0.2, 0) is 5.33 Å². The predicted molar refractivity (Wildman–Crippen MR) is 69.6 cm³/mol. The van der Waals surface area contributed by atoms with Crippen LogP contribution in [0, 0.1) is 0 Å². The number of hydrogen-bond acceptors (Lipinski definition) is 3. The molecule has 1 rings (SSSR count). The number of halogens is 4. The molecule has 0 aliphatic heterocycles. The number of methoxy groups -OCH3 is 1. The molecule has 0 aromatic heterocycles. The fourth-order valence-corrected chi connectivity index (χ4v) is 2.13. The summed E-state index contributed by atoms with van der Waals surface area (Å²) >= 11 is 3.19. The minimum Gasteiger partial charge on any atom is -0.493 e. The Hall–Kier alpha value is -0.560. The van der Waals surface area contributed by atoms with E-state index in [0.29, 0.717) is 16.8 Å². The van der Waals surface area contributed by atoms with Gasteiger partial charge in [0, 0.05) is 16.6 Å². The Morgan fingerprint density at radius 2 is 2.06 bits per heavy atom. The Morgan fingerprint density at radius 1 is 1.33 bits per heavy atom. The zero-order chi connectivity index (χ0) is 13.6. The number of para-hydroxylation sites is 1. The molecule has 1 aromatic rings. The molecule has 0 aliphatic rings. The maximum Gasteiger partial charge on any atom is 0.441 e. The van der Waals surface area contributed by atoms with Crippen LogP contribution in [0.5, 0.6) is 11.5 Å². The SMILES string of the molecule is COc1cccc(CBr)c1OCCSC(F)(F)F. The lowest BCUT2D eigenvalue weighted by atomic mass is 10.2. The number of rotatable bonds is 6. The van der Waals surface area contributed by atoms with Gasteiger partial charge in [0.25, 0.3) is 0 Å². The minimum absolute atomic E-state index is 0.0233. The molecule has 0 fully saturated rings. The molecule has 0 heterocycles. The molecule has 0 N–H and O–H groups in total. The van der Waals surface area contributed by atoms with Crippen molar-refractivity contribution >= 4 is 27.7 Å². The highest BCUT2D eigenvalue weighted by molar-refractivity contribution is 9.08. The van der Waals surface area contributed by atoms with Crippen molar-refractivity contribution in [3.8, 4) is 11.5 Å². The molecule has 0 bridgehead atoms. The van der Waals surface area contributed by atoms with Gasteiger partial charge in [0.1, 0.15) is 0 Å². The largest absolute Gasteiger partial charge is 0.493 e. The van der Waals surface area contributed by atoms with E-state index in [-0.39, 0.29) is 24.1 Å². The van der Waals surface area contributed by atoms with E-state index in [4.69, 9.17) is 9.47 Å². The fourth-order valence-electron chi connectivity index (χ4n) is 1.29. The summed E-state index contributed by atoms with van der Waals surface area (Å²) in [4.78, 5) is 0. The van der Waals surface area contributed by atoms with E-state index >= 15 is 0 Å². The van der Waals surface area contributed by atoms with Gasteiger partial charge in [-0.15, -0.1) is 0 Å². The molecule has 0 amide bonds. The van der Waals surface area contributed by atoms with Gasteiger partial charge in [-0.1, -0.05) is 28.1 Å². The lowest BCUT2D eigenvalue weighted by Gasteiger charge is -2.14. The van der Waals surface area contributed by atoms with E-state index in [1.807, 2.05) is 6.07 Å². The van der Waals surface area contributed by atoms with Gasteiger partial charge in [-0.25, -0.2) is 0 Å². The minimum atomic E-state index is -4.22. The van der Waals surface area contributed by atoms with E-state index in [9.17, 15) is 13.2 Å². The highest BCUT2D eigenvalue weighted by Gasteiger charge is 2.27. The molecule has 0 saturated heterocycles. The molecule has 102 valence electrons. The van der Waals surface area contributed by atoms with Gasteiger partial charge in [0.15, 0.2) is 11.5 Å². The third-order valence-corrected chi connectivity index (χ3v) is 3.32. The number of thioether (sulfide) groups is 1. The van der Waals surface area contributed by atoms with Gasteiger partial charge in [-0.05, 0) is 17.8 Å². The Kier molecular flexibility index (Phi) is 6.14. The highest BCUT2D eigenvalue weighted by Crippen LogP contribution is 2.33. The van der Waals surface area contributed by atoms with Crippen LogP contribution >= 0.6 is 27.7 Å². The van der Waals surface area contributed by atoms with Crippen LogP contribution in [-0.4, -0.2) is 25.0 Å². The third-order valence-electron chi connectivity index (χ3n) is 2.02. The first-order valence-corrected chi connectivity index (χ1v) is 7.14. The zero-order valence-electron chi connectivity index (χ0n) is 9.59. The first-order chi connectivity index (χ1) is 8.48. The van der Waals surface area contributed by atoms with Crippen LogP contribution in [0.15, 0.2) is 18.2 Å². The summed E-state index contributed by atoms with van der Waals surface area (Å²) in [6.45, 7) is -0.0233. The summed E-state index contributed by atoms with van der Waals surface area (Å²) in [6.07, 6.45) is 0. The fraction of sp³-hybridized carbons (Fsp3) is 0.455. The molecule has 0 atom stereocenters. The first kappa shape index (κ1) is 15.5. The maximum atomic E-state index is 11.9. The predicted octanol–water partition coefficient (Wildman–Crippen LogP) is 4.22. The summed E-state index contributed by atoms with van der Waals surface area (Å²) in [5.41, 5.74) is -3.38. The second-order valence-electron chi connectivity index (χ2n) is 3.22. The molecule has 0 unspecified atom stereocenters.